The minimum Gasteiger partial charge on any atom is -0.508 e. The van der Waals surface area contributed by atoms with Gasteiger partial charge in [0.25, 0.3) is 0 Å². The molecule has 0 amide bonds. The van der Waals surface area contributed by atoms with E-state index in [-0.39, 0.29) is 17.9 Å². The maximum absolute atomic E-state index is 13.2. The second-order valence-electron chi connectivity index (χ2n) is 7.63. The Morgan fingerprint density at radius 2 is 1.67 bits per heavy atom. The summed E-state index contributed by atoms with van der Waals surface area (Å²) in [6, 6.07) is 3.83. The number of nitrogens with zero attached hydrogens (tertiary/aromatic N) is 1. The van der Waals surface area contributed by atoms with Gasteiger partial charge in [0.15, 0.2) is 29.5 Å². The Bertz CT molecular complexity index is 1080. The predicted molar refractivity (Wildman–Crippen MR) is 113 cm³/mol. The monoisotopic (exact) mass is 485 g/mol. The summed E-state index contributed by atoms with van der Waals surface area (Å²) in [6.07, 6.45) is -3.00. The molecule has 6 N–H and O–H groups in total. The molecular weight excluding hydrogens is 461 g/mol. The molecule has 0 radical (unpaired) electrons. The Kier molecular flexibility index (Phi) is 7.06. The van der Waals surface area contributed by atoms with Crippen LogP contribution in [0.5, 0.6) is 34.5 Å². The summed E-state index contributed by atoms with van der Waals surface area (Å²) in [5, 5.41) is 49.2. The van der Waals surface area contributed by atoms with Crippen molar-refractivity contribution in [1.29, 1.82) is 0 Å². The van der Waals surface area contributed by atoms with Gasteiger partial charge in [-0.25, -0.2) is 4.57 Å². The number of fused-ring (bicyclic) bond motifs is 1. The van der Waals surface area contributed by atoms with Crippen molar-refractivity contribution in [3.05, 3.63) is 35.4 Å². The van der Waals surface area contributed by atoms with Gasteiger partial charge in [0.2, 0.25) is 5.78 Å². The average molecular weight is 485 g/mol. The number of carbonyl (C=O) groups is 1. The van der Waals surface area contributed by atoms with E-state index in [0.29, 0.717) is 13.0 Å². The molecule has 0 saturated carbocycles. The van der Waals surface area contributed by atoms with Crippen LogP contribution in [0.25, 0.3) is 0 Å². The maximum Gasteiger partial charge on any atom is 0.473 e. The van der Waals surface area contributed by atoms with E-state index >= 15 is 0 Å². The first-order chi connectivity index (χ1) is 15.4. The van der Waals surface area contributed by atoms with Crippen LogP contribution < -0.4 is 4.74 Å². The molecule has 0 aliphatic carbocycles. The number of phenols is 5. The quantitative estimate of drug-likeness (QED) is 0.182. The minimum atomic E-state index is -4.81. The van der Waals surface area contributed by atoms with Crippen molar-refractivity contribution in [2.75, 3.05) is 27.2 Å². The summed E-state index contributed by atoms with van der Waals surface area (Å²) in [4.78, 5) is 25.2. The molecule has 1 aliphatic rings. The SMILES string of the molecule is CN(C)CCCOP(=O)(O)O[C@H]1C(=O)c2c(O)cc(O)cc2O[C@@H]1c1cc(O)c(O)c(O)c1. The van der Waals surface area contributed by atoms with E-state index in [4.69, 9.17) is 13.8 Å². The molecule has 180 valence electrons. The molecule has 2 aromatic rings. The minimum absolute atomic E-state index is 0.109. The van der Waals surface area contributed by atoms with Crippen LogP contribution in [-0.2, 0) is 13.6 Å². The molecule has 12 nitrogen and oxygen atoms in total. The second kappa shape index (κ2) is 9.46. The van der Waals surface area contributed by atoms with E-state index in [1.807, 2.05) is 19.0 Å². The number of ketones is 1. The van der Waals surface area contributed by atoms with Crippen LogP contribution in [0.2, 0.25) is 0 Å². The highest BCUT2D eigenvalue weighted by Crippen LogP contribution is 2.51. The Morgan fingerprint density at radius 1 is 1.03 bits per heavy atom. The molecule has 2 aromatic carbocycles. The third-order valence-electron chi connectivity index (χ3n) is 4.77. The molecule has 0 fully saturated rings. The van der Waals surface area contributed by atoms with E-state index in [0.717, 1.165) is 24.3 Å². The summed E-state index contributed by atoms with van der Waals surface area (Å²) < 4.78 is 28.2. The topological polar surface area (TPSA) is 186 Å². The highest BCUT2D eigenvalue weighted by atomic mass is 31.2. The number of hydrogen-bond acceptors (Lipinski definition) is 11. The standard InChI is InChI=1S/C20H24NO11P/c1-21(2)4-3-5-30-33(28,29)32-20-18(27)16-12(23)8-11(22)9-15(16)31-19(20)10-6-13(24)17(26)14(25)7-10/h6-9,19-20,22-26H,3-5H2,1-2H3,(H,28,29)/t19-,20+/m1/s1. The number of carbonyl (C=O) groups excluding carboxylic acids is 1. The van der Waals surface area contributed by atoms with E-state index in [2.05, 4.69) is 0 Å². The number of phosphoric ester groups is 1. The van der Waals surface area contributed by atoms with E-state index < -0.39 is 60.1 Å². The number of phenolic OH excluding ortho intramolecular Hbond substituents is 5. The fourth-order valence-corrected chi connectivity index (χ4v) is 4.19. The molecule has 1 unspecified atom stereocenters. The van der Waals surface area contributed by atoms with Crippen molar-refractivity contribution in [3.8, 4) is 34.5 Å². The molecule has 13 heteroatoms. The van der Waals surface area contributed by atoms with Crippen LogP contribution in [0.4, 0.5) is 0 Å². The van der Waals surface area contributed by atoms with E-state index in [1.165, 1.54) is 0 Å². The maximum atomic E-state index is 13.2. The molecule has 1 heterocycles. The lowest BCUT2D eigenvalue weighted by atomic mass is 9.92. The average Bonchev–Trinajstić information content (AvgIpc) is 2.70. The first-order valence-electron chi connectivity index (χ1n) is 9.71. The number of aromatic hydroxyl groups is 5. The van der Waals surface area contributed by atoms with Crippen molar-refractivity contribution < 1.29 is 53.6 Å². The first kappa shape index (κ1) is 24.6. The summed E-state index contributed by atoms with van der Waals surface area (Å²) >= 11 is 0. The smallest absolute Gasteiger partial charge is 0.473 e. The Balaban J connectivity index is 1.98. The Morgan fingerprint density at radius 3 is 2.27 bits per heavy atom. The van der Waals surface area contributed by atoms with Gasteiger partial charge in [0, 0.05) is 17.7 Å². The van der Waals surface area contributed by atoms with Gasteiger partial charge < -0.3 is 40.1 Å². The first-order valence-corrected chi connectivity index (χ1v) is 11.2. The molecule has 0 bridgehead atoms. The van der Waals surface area contributed by atoms with Crippen LogP contribution in [0.1, 0.15) is 28.4 Å². The van der Waals surface area contributed by atoms with E-state index in [1.54, 1.807) is 0 Å². The van der Waals surface area contributed by atoms with Gasteiger partial charge in [-0.05, 0) is 39.2 Å². The number of Topliss-reactive ketones (excluding diaryl/α,β-unsaturated/α-hetero) is 1. The highest BCUT2D eigenvalue weighted by molar-refractivity contribution is 7.47. The largest absolute Gasteiger partial charge is 0.508 e. The van der Waals surface area contributed by atoms with Gasteiger partial charge in [-0.3, -0.25) is 13.8 Å². The number of phosphoric acid groups is 1. The second-order valence-corrected chi connectivity index (χ2v) is 9.04. The highest BCUT2D eigenvalue weighted by Gasteiger charge is 2.45. The van der Waals surface area contributed by atoms with Crippen LogP contribution >= 0.6 is 7.82 Å². The molecule has 0 aromatic heterocycles. The molecule has 3 atom stereocenters. The third kappa shape index (κ3) is 5.49. The molecule has 3 rings (SSSR count). The Hall–Kier alpha value is -3.02. The van der Waals surface area contributed by atoms with Crippen LogP contribution in [0.15, 0.2) is 24.3 Å². The zero-order valence-electron chi connectivity index (χ0n) is 17.7. The molecule has 0 spiro atoms. The van der Waals surface area contributed by atoms with Crippen LogP contribution in [0.3, 0.4) is 0 Å². The third-order valence-corrected chi connectivity index (χ3v) is 5.77. The van der Waals surface area contributed by atoms with Gasteiger partial charge >= 0.3 is 7.82 Å². The van der Waals surface area contributed by atoms with Gasteiger partial charge in [-0.2, -0.15) is 0 Å². The van der Waals surface area contributed by atoms with Crippen molar-refractivity contribution in [2.45, 2.75) is 18.6 Å². The predicted octanol–water partition coefficient (Wildman–Crippen LogP) is 1.98. The lowest BCUT2D eigenvalue weighted by molar-refractivity contribution is 0.0132. The van der Waals surface area contributed by atoms with Crippen LogP contribution in [-0.4, -0.2) is 74.5 Å². The summed E-state index contributed by atoms with van der Waals surface area (Å²) in [6.45, 7) is 0.403. The van der Waals surface area contributed by atoms with Crippen molar-refractivity contribution in [3.63, 3.8) is 0 Å². The zero-order chi connectivity index (χ0) is 24.5. The van der Waals surface area contributed by atoms with Crippen molar-refractivity contribution >= 4 is 13.6 Å². The van der Waals surface area contributed by atoms with Crippen molar-refractivity contribution in [1.82, 2.24) is 4.90 Å². The lowest BCUT2D eigenvalue weighted by Crippen LogP contribution is -2.38. The normalized spacial score (nSPS) is 19.7. The molecule has 1 aliphatic heterocycles. The molecular formula is C20H24NO11P. The fraction of sp³-hybridized carbons (Fsp3) is 0.350. The van der Waals surface area contributed by atoms with Gasteiger partial charge in [0.1, 0.15) is 22.8 Å². The van der Waals surface area contributed by atoms with Gasteiger partial charge in [-0.1, -0.05) is 0 Å². The Labute approximate surface area is 188 Å². The van der Waals surface area contributed by atoms with E-state index in [9.17, 15) is 39.8 Å². The summed E-state index contributed by atoms with van der Waals surface area (Å²) in [7, 11) is -1.20. The summed E-state index contributed by atoms with van der Waals surface area (Å²) in [5.74, 6) is -4.66. The van der Waals surface area contributed by atoms with Crippen LogP contribution in [0, 0.1) is 0 Å². The number of hydrogen-bond donors (Lipinski definition) is 6. The lowest BCUT2D eigenvalue weighted by Gasteiger charge is -2.33. The van der Waals surface area contributed by atoms with Crippen molar-refractivity contribution in [2.24, 2.45) is 0 Å². The molecule has 0 saturated heterocycles. The van der Waals surface area contributed by atoms with Gasteiger partial charge in [-0.15, -0.1) is 0 Å². The number of ether oxygens (including phenoxy) is 1. The number of rotatable bonds is 8. The summed E-state index contributed by atoms with van der Waals surface area (Å²) in [5.41, 5.74) is -0.517. The fourth-order valence-electron chi connectivity index (χ4n) is 3.28. The molecule has 33 heavy (non-hydrogen) atoms. The number of benzene rings is 2. The zero-order valence-corrected chi connectivity index (χ0v) is 18.6. The van der Waals surface area contributed by atoms with Gasteiger partial charge in [0.05, 0.1) is 6.61 Å².